The lowest BCUT2D eigenvalue weighted by Crippen LogP contribution is -2.52. The zero-order valence-corrected chi connectivity index (χ0v) is 8.92. The van der Waals surface area contributed by atoms with Gasteiger partial charge in [-0.3, -0.25) is 0 Å². The number of rotatable bonds is 2. The van der Waals surface area contributed by atoms with Gasteiger partial charge in [-0.05, 0) is 13.8 Å². The van der Waals surface area contributed by atoms with Gasteiger partial charge in [0.05, 0.1) is 23.7 Å². The molecule has 1 aliphatic rings. The summed E-state index contributed by atoms with van der Waals surface area (Å²) in [5.41, 5.74) is 2.16. The molecular weight excluding hydrogens is 178 g/mol. The number of H-pyrrole nitrogens is 1. The highest BCUT2D eigenvalue weighted by Crippen LogP contribution is 2.29. The van der Waals surface area contributed by atoms with Crippen LogP contribution >= 0.6 is 0 Å². The third-order valence-electron chi connectivity index (χ3n) is 3.24. The van der Waals surface area contributed by atoms with Gasteiger partial charge in [0.1, 0.15) is 0 Å². The lowest BCUT2D eigenvalue weighted by Gasteiger charge is -2.38. The molecule has 14 heavy (non-hydrogen) atoms. The molecule has 0 spiro atoms. The molecule has 0 fully saturated rings. The maximum absolute atomic E-state index is 5.40. The topological polar surface area (TPSA) is 49.9 Å². The van der Waals surface area contributed by atoms with E-state index in [1.54, 1.807) is 13.4 Å². The summed E-state index contributed by atoms with van der Waals surface area (Å²) in [5, 5.41) is 3.48. The molecule has 0 radical (unpaired) electrons. The fourth-order valence-corrected chi connectivity index (χ4v) is 2.06. The Morgan fingerprint density at radius 3 is 3.14 bits per heavy atom. The molecule has 2 unspecified atom stereocenters. The summed E-state index contributed by atoms with van der Waals surface area (Å²) in [6.45, 7) is 5.18. The van der Waals surface area contributed by atoms with E-state index in [0.717, 1.165) is 18.7 Å². The van der Waals surface area contributed by atoms with E-state index in [1.165, 1.54) is 5.69 Å². The lowest BCUT2D eigenvalue weighted by atomic mass is 9.87. The van der Waals surface area contributed by atoms with Crippen LogP contribution in [0.5, 0.6) is 0 Å². The molecule has 4 heteroatoms. The third-order valence-corrected chi connectivity index (χ3v) is 3.24. The van der Waals surface area contributed by atoms with Gasteiger partial charge in [0, 0.05) is 25.8 Å². The minimum atomic E-state index is -0.164. The fourth-order valence-electron chi connectivity index (χ4n) is 2.06. The first kappa shape index (κ1) is 9.68. The Labute approximate surface area is 84.1 Å². The van der Waals surface area contributed by atoms with Gasteiger partial charge in [-0.25, -0.2) is 4.98 Å². The van der Waals surface area contributed by atoms with Crippen LogP contribution in [0.1, 0.15) is 25.2 Å². The van der Waals surface area contributed by atoms with E-state index in [9.17, 15) is 0 Å². The van der Waals surface area contributed by atoms with Crippen molar-refractivity contribution in [3.63, 3.8) is 0 Å². The number of aromatic nitrogens is 2. The van der Waals surface area contributed by atoms with Gasteiger partial charge in [-0.1, -0.05) is 0 Å². The largest absolute Gasteiger partial charge is 0.379 e. The standard InChI is InChI=1S/C10H17N3O/c1-7(14-3)10(2)9-8(4-5-13-10)11-6-12-9/h6-7,13H,4-5H2,1-3H3,(H,11,12). The summed E-state index contributed by atoms with van der Waals surface area (Å²) < 4.78 is 5.40. The van der Waals surface area contributed by atoms with Crippen LogP contribution in [0.3, 0.4) is 0 Å². The molecule has 2 rings (SSSR count). The second kappa shape index (κ2) is 3.37. The monoisotopic (exact) mass is 195 g/mol. The third kappa shape index (κ3) is 1.26. The van der Waals surface area contributed by atoms with Gasteiger partial charge in [0.25, 0.3) is 0 Å². The maximum atomic E-state index is 5.40. The van der Waals surface area contributed by atoms with Crippen molar-refractivity contribution in [3.05, 3.63) is 17.7 Å². The lowest BCUT2D eigenvalue weighted by molar-refractivity contribution is 0.0311. The van der Waals surface area contributed by atoms with Gasteiger partial charge in [-0.15, -0.1) is 0 Å². The van der Waals surface area contributed by atoms with E-state index in [1.807, 2.05) is 0 Å². The number of hydrogen-bond donors (Lipinski definition) is 2. The van der Waals surface area contributed by atoms with Gasteiger partial charge < -0.3 is 15.0 Å². The average Bonchev–Trinajstić information content (AvgIpc) is 2.66. The number of nitrogens with one attached hydrogen (secondary N) is 2. The number of methoxy groups -OCH3 is 1. The highest BCUT2D eigenvalue weighted by molar-refractivity contribution is 5.25. The highest BCUT2D eigenvalue weighted by Gasteiger charge is 2.39. The van der Waals surface area contributed by atoms with Gasteiger partial charge in [0.15, 0.2) is 0 Å². The molecule has 4 nitrogen and oxygen atoms in total. The molecule has 78 valence electrons. The first-order chi connectivity index (χ1) is 6.68. The molecule has 2 atom stereocenters. The van der Waals surface area contributed by atoms with Crippen molar-refractivity contribution in [3.8, 4) is 0 Å². The van der Waals surface area contributed by atoms with Crippen LogP contribution in [0.2, 0.25) is 0 Å². The molecule has 0 saturated carbocycles. The molecule has 0 aromatic carbocycles. The highest BCUT2D eigenvalue weighted by atomic mass is 16.5. The summed E-state index contributed by atoms with van der Waals surface area (Å²) >= 11 is 0. The summed E-state index contributed by atoms with van der Waals surface area (Å²) in [7, 11) is 1.73. The van der Waals surface area contributed by atoms with Crippen molar-refractivity contribution in [2.75, 3.05) is 13.7 Å². The van der Waals surface area contributed by atoms with Crippen molar-refractivity contribution in [2.45, 2.75) is 31.9 Å². The summed E-state index contributed by atoms with van der Waals surface area (Å²) in [4.78, 5) is 7.57. The first-order valence-electron chi connectivity index (χ1n) is 4.99. The predicted octanol–water partition coefficient (Wildman–Crippen LogP) is 0.805. The Morgan fingerprint density at radius 2 is 2.43 bits per heavy atom. The van der Waals surface area contributed by atoms with Crippen LogP contribution in [0.15, 0.2) is 6.33 Å². The molecule has 1 aromatic rings. The Balaban J connectivity index is 2.39. The smallest absolute Gasteiger partial charge is 0.0926 e. The van der Waals surface area contributed by atoms with Crippen LogP contribution in [0.25, 0.3) is 0 Å². The molecule has 0 bridgehead atoms. The van der Waals surface area contributed by atoms with Crippen LogP contribution in [0, 0.1) is 0 Å². The Morgan fingerprint density at radius 1 is 1.64 bits per heavy atom. The van der Waals surface area contributed by atoms with Crippen molar-refractivity contribution in [2.24, 2.45) is 0 Å². The second-order valence-corrected chi connectivity index (χ2v) is 3.99. The fraction of sp³-hybridized carbons (Fsp3) is 0.700. The van der Waals surface area contributed by atoms with Crippen molar-refractivity contribution in [1.29, 1.82) is 0 Å². The maximum Gasteiger partial charge on any atom is 0.0926 e. The van der Waals surface area contributed by atoms with Crippen LogP contribution < -0.4 is 5.32 Å². The molecule has 2 N–H and O–H groups in total. The molecule has 0 saturated heterocycles. The molecule has 0 amide bonds. The van der Waals surface area contributed by atoms with Crippen LogP contribution in [-0.4, -0.2) is 29.7 Å². The minimum Gasteiger partial charge on any atom is -0.379 e. The number of aromatic amines is 1. The normalized spacial score (nSPS) is 28.5. The minimum absolute atomic E-state index is 0.116. The quantitative estimate of drug-likeness (QED) is 0.734. The number of hydrogen-bond acceptors (Lipinski definition) is 3. The first-order valence-corrected chi connectivity index (χ1v) is 4.99. The van der Waals surface area contributed by atoms with Gasteiger partial charge in [-0.2, -0.15) is 0 Å². The van der Waals surface area contributed by atoms with Crippen molar-refractivity contribution in [1.82, 2.24) is 15.3 Å². The molecule has 1 aromatic heterocycles. The SMILES string of the molecule is COC(C)C1(C)NCCc2[nH]cnc21. The van der Waals surface area contributed by atoms with Crippen LogP contribution in [-0.2, 0) is 16.7 Å². The molecule has 1 aliphatic heterocycles. The Hall–Kier alpha value is -0.870. The summed E-state index contributed by atoms with van der Waals surface area (Å²) in [6, 6.07) is 0. The van der Waals surface area contributed by atoms with Gasteiger partial charge >= 0.3 is 0 Å². The van der Waals surface area contributed by atoms with Crippen molar-refractivity contribution < 1.29 is 4.74 Å². The van der Waals surface area contributed by atoms with E-state index >= 15 is 0 Å². The number of fused-ring (bicyclic) bond motifs is 1. The number of ether oxygens (including phenoxy) is 1. The van der Waals surface area contributed by atoms with E-state index in [4.69, 9.17) is 4.74 Å². The summed E-state index contributed by atoms with van der Waals surface area (Å²) in [5.74, 6) is 0. The van der Waals surface area contributed by atoms with E-state index < -0.39 is 0 Å². The van der Waals surface area contributed by atoms with E-state index in [0.29, 0.717) is 0 Å². The van der Waals surface area contributed by atoms with Crippen LogP contribution in [0.4, 0.5) is 0 Å². The van der Waals surface area contributed by atoms with E-state index in [2.05, 4.69) is 29.1 Å². The number of imidazole rings is 1. The molecule has 0 aliphatic carbocycles. The van der Waals surface area contributed by atoms with Crippen molar-refractivity contribution >= 4 is 0 Å². The average molecular weight is 195 g/mol. The molecule has 2 heterocycles. The van der Waals surface area contributed by atoms with E-state index in [-0.39, 0.29) is 11.6 Å². The Bertz CT molecular complexity index is 323. The predicted molar refractivity (Wildman–Crippen MR) is 54.1 cm³/mol. The second-order valence-electron chi connectivity index (χ2n) is 3.99. The zero-order valence-electron chi connectivity index (χ0n) is 8.92. The zero-order chi connectivity index (χ0) is 10.2. The molecular formula is C10H17N3O. The van der Waals surface area contributed by atoms with Gasteiger partial charge in [0.2, 0.25) is 0 Å². The Kier molecular flexibility index (Phi) is 2.33. The number of nitrogens with zero attached hydrogens (tertiary/aromatic N) is 1. The summed E-state index contributed by atoms with van der Waals surface area (Å²) in [6.07, 6.45) is 2.89.